The van der Waals surface area contributed by atoms with Crippen LogP contribution in [0.2, 0.25) is 0 Å². The third kappa shape index (κ3) is 3.23. The molecular formula is C15H29NO. The SMILES string of the molecule is CC(C)C1CCC(O)C(CN(C)C2CCC2)C1. The monoisotopic (exact) mass is 239 g/mol. The molecule has 0 spiro atoms. The summed E-state index contributed by atoms with van der Waals surface area (Å²) in [5.74, 6) is 2.12. The Morgan fingerprint density at radius 2 is 1.88 bits per heavy atom. The third-order valence-electron chi connectivity index (χ3n) is 5.15. The van der Waals surface area contributed by atoms with Crippen molar-refractivity contribution in [3.8, 4) is 0 Å². The van der Waals surface area contributed by atoms with Gasteiger partial charge in [-0.25, -0.2) is 0 Å². The van der Waals surface area contributed by atoms with Crippen molar-refractivity contribution in [1.82, 2.24) is 4.90 Å². The first-order valence-corrected chi connectivity index (χ1v) is 7.46. The number of aliphatic hydroxyl groups excluding tert-OH is 1. The Labute approximate surface area is 106 Å². The molecule has 17 heavy (non-hydrogen) atoms. The Kier molecular flexibility index (Phi) is 4.48. The van der Waals surface area contributed by atoms with Crippen LogP contribution in [0.15, 0.2) is 0 Å². The van der Waals surface area contributed by atoms with Crippen LogP contribution in [0.1, 0.15) is 52.4 Å². The van der Waals surface area contributed by atoms with E-state index in [1.54, 1.807) is 0 Å². The maximum Gasteiger partial charge on any atom is 0.0580 e. The van der Waals surface area contributed by atoms with Gasteiger partial charge in [-0.3, -0.25) is 0 Å². The fourth-order valence-electron chi connectivity index (χ4n) is 3.43. The van der Waals surface area contributed by atoms with Crippen LogP contribution in [0.25, 0.3) is 0 Å². The normalized spacial score (nSPS) is 35.3. The van der Waals surface area contributed by atoms with Gasteiger partial charge in [0.2, 0.25) is 0 Å². The highest BCUT2D eigenvalue weighted by molar-refractivity contribution is 4.85. The van der Waals surface area contributed by atoms with E-state index in [0.717, 1.165) is 30.8 Å². The lowest BCUT2D eigenvalue weighted by molar-refractivity contribution is 0.00918. The first-order valence-electron chi connectivity index (χ1n) is 7.46. The molecule has 0 amide bonds. The zero-order valence-corrected chi connectivity index (χ0v) is 11.7. The molecule has 2 fully saturated rings. The van der Waals surface area contributed by atoms with E-state index in [9.17, 15) is 5.11 Å². The molecule has 0 radical (unpaired) electrons. The molecule has 2 aliphatic carbocycles. The lowest BCUT2D eigenvalue weighted by Gasteiger charge is -2.41. The zero-order chi connectivity index (χ0) is 12.4. The fourth-order valence-corrected chi connectivity index (χ4v) is 3.43. The number of rotatable bonds is 4. The van der Waals surface area contributed by atoms with E-state index in [-0.39, 0.29) is 6.10 Å². The van der Waals surface area contributed by atoms with Crippen molar-refractivity contribution >= 4 is 0 Å². The highest BCUT2D eigenvalue weighted by Gasteiger charge is 2.33. The lowest BCUT2D eigenvalue weighted by Crippen LogP contribution is -2.44. The molecule has 0 aromatic rings. The summed E-state index contributed by atoms with van der Waals surface area (Å²) >= 11 is 0. The van der Waals surface area contributed by atoms with Gasteiger partial charge in [0.05, 0.1) is 6.10 Å². The van der Waals surface area contributed by atoms with E-state index in [1.165, 1.54) is 32.1 Å². The predicted octanol–water partition coefficient (Wildman–Crippen LogP) is 2.90. The quantitative estimate of drug-likeness (QED) is 0.815. The Balaban J connectivity index is 1.84. The van der Waals surface area contributed by atoms with E-state index in [0.29, 0.717) is 5.92 Å². The van der Waals surface area contributed by atoms with E-state index in [1.807, 2.05) is 0 Å². The predicted molar refractivity (Wildman–Crippen MR) is 71.9 cm³/mol. The van der Waals surface area contributed by atoms with Crippen molar-refractivity contribution in [2.75, 3.05) is 13.6 Å². The smallest absolute Gasteiger partial charge is 0.0580 e. The third-order valence-corrected chi connectivity index (χ3v) is 5.15. The summed E-state index contributed by atoms with van der Waals surface area (Å²) in [5.41, 5.74) is 0. The summed E-state index contributed by atoms with van der Waals surface area (Å²) in [4.78, 5) is 2.50. The van der Waals surface area contributed by atoms with Gasteiger partial charge < -0.3 is 10.0 Å². The largest absolute Gasteiger partial charge is 0.393 e. The standard InChI is InChI=1S/C15H29NO/c1-11(2)12-7-8-15(17)13(9-12)10-16(3)14-5-4-6-14/h11-15,17H,4-10H2,1-3H3. The Bertz CT molecular complexity index is 237. The summed E-state index contributed by atoms with van der Waals surface area (Å²) in [5, 5.41) is 10.2. The molecule has 0 aromatic heterocycles. The van der Waals surface area contributed by atoms with Crippen LogP contribution in [-0.4, -0.2) is 35.7 Å². The number of aliphatic hydroxyl groups is 1. The summed E-state index contributed by atoms with van der Waals surface area (Å²) in [7, 11) is 2.25. The molecule has 0 aromatic carbocycles. The average molecular weight is 239 g/mol. The molecule has 0 bridgehead atoms. The molecule has 3 unspecified atom stereocenters. The minimum atomic E-state index is -0.0486. The van der Waals surface area contributed by atoms with Gasteiger partial charge >= 0.3 is 0 Å². The van der Waals surface area contributed by atoms with Gasteiger partial charge in [-0.2, -0.15) is 0 Å². The van der Waals surface area contributed by atoms with Crippen molar-refractivity contribution in [3.05, 3.63) is 0 Å². The molecule has 2 saturated carbocycles. The summed E-state index contributed by atoms with van der Waals surface area (Å²) in [6.45, 7) is 5.76. The second kappa shape index (κ2) is 5.71. The molecule has 0 aliphatic heterocycles. The van der Waals surface area contributed by atoms with Gasteiger partial charge in [-0.05, 0) is 56.9 Å². The van der Waals surface area contributed by atoms with Crippen LogP contribution in [0.5, 0.6) is 0 Å². The number of hydrogen-bond donors (Lipinski definition) is 1. The van der Waals surface area contributed by atoms with Gasteiger partial charge in [0.25, 0.3) is 0 Å². The molecule has 100 valence electrons. The Morgan fingerprint density at radius 3 is 2.41 bits per heavy atom. The van der Waals surface area contributed by atoms with Crippen molar-refractivity contribution < 1.29 is 5.11 Å². The minimum absolute atomic E-state index is 0.0486. The Hall–Kier alpha value is -0.0800. The van der Waals surface area contributed by atoms with Crippen LogP contribution in [0, 0.1) is 17.8 Å². The van der Waals surface area contributed by atoms with Crippen LogP contribution in [-0.2, 0) is 0 Å². The number of nitrogens with zero attached hydrogens (tertiary/aromatic N) is 1. The molecular weight excluding hydrogens is 210 g/mol. The molecule has 0 heterocycles. The molecule has 2 rings (SSSR count). The van der Waals surface area contributed by atoms with E-state index >= 15 is 0 Å². The van der Waals surface area contributed by atoms with Crippen LogP contribution in [0.3, 0.4) is 0 Å². The van der Waals surface area contributed by atoms with Gasteiger partial charge in [0, 0.05) is 12.6 Å². The molecule has 2 nitrogen and oxygen atoms in total. The summed E-state index contributed by atoms with van der Waals surface area (Å²) in [6.07, 6.45) is 7.56. The zero-order valence-electron chi connectivity index (χ0n) is 11.7. The van der Waals surface area contributed by atoms with Gasteiger partial charge in [-0.15, -0.1) is 0 Å². The summed E-state index contributed by atoms with van der Waals surface area (Å²) in [6, 6.07) is 0.807. The van der Waals surface area contributed by atoms with Gasteiger partial charge in [-0.1, -0.05) is 20.3 Å². The number of hydrogen-bond acceptors (Lipinski definition) is 2. The maximum absolute atomic E-state index is 10.2. The topological polar surface area (TPSA) is 23.5 Å². The fraction of sp³-hybridized carbons (Fsp3) is 1.00. The maximum atomic E-state index is 10.2. The van der Waals surface area contributed by atoms with Crippen LogP contribution >= 0.6 is 0 Å². The first-order chi connectivity index (χ1) is 8.08. The van der Waals surface area contributed by atoms with Crippen LogP contribution in [0.4, 0.5) is 0 Å². The van der Waals surface area contributed by atoms with Gasteiger partial charge in [0.1, 0.15) is 0 Å². The highest BCUT2D eigenvalue weighted by Crippen LogP contribution is 2.35. The van der Waals surface area contributed by atoms with E-state index in [4.69, 9.17) is 0 Å². The molecule has 1 N–H and O–H groups in total. The van der Waals surface area contributed by atoms with Crippen molar-refractivity contribution in [1.29, 1.82) is 0 Å². The molecule has 0 saturated heterocycles. The van der Waals surface area contributed by atoms with E-state index in [2.05, 4.69) is 25.8 Å². The second-order valence-electron chi connectivity index (χ2n) is 6.67. The van der Waals surface area contributed by atoms with Crippen LogP contribution < -0.4 is 0 Å². The first kappa shape index (κ1) is 13.4. The van der Waals surface area contributed by atoms with Crippen molar-refractivity contribution in [2.24, 2.45) is 17.8 Å². The van der Waals surface area contributed by atoms with E-state index < -0.39 is 0 Å². The van der Waals surface area contributed by atoms with Crippen molar-refractivity contribution in [2.45, 2.75) is 64.5 Å². The molecule has 2 aliphatic rings. The minimum Gasteiger partial charge on any atom is -0.393 e. The van der Waals surface area contributed by atoms with Crippen molar-refractivity contribution in [3.63, 3.8) is 0 Å². The summed E-state index contributed by atoms with van der Waals surface area (Å²) < 4.78 is 0. The second-order valence-corrected chi connectivity index (χ2v) is 6.67. The lowest BCUT2D eigenvalue weighted by atomic mass is 9.74. The molecule has 2 heteroatoms. The average Bonchev–Trinajstić information content (AvgIpc) is 2.18. The highest BCUT2D eigenvalue weighted by atomic mass is 16.3. The molecule has 3 atom stereocenters. The Morgan fingerprint density at radius 1 is 1.18 bits per heavy atom. The van der Waals surface area contributed by atoms with Gasteiger partial charge in [0.15, 0.2) is 0 Å².